The Kier molecular flexibility index (Phi) is 3.83. The number of hydrogen-bond acceptors (Lipinski definition) is 3. The molecule has 0 radical (unpaired) electrons. The van der Waals surface area contributed by atoms with Crippen molar-refractivity contribution >= 4 is 16.7 Å². The van der Waals surface area contributed by atoms with Gasteiger partial charge in [-0.25, -0.2) is 0 Å². The molecular formula is C23H24N2O2. The number of aryl methyl sites for hydroxylation is 1. The average molecular weight is 360 g/mol. The molecule has 2 bridgehead atoms. The lowest BCUT2D eigenvalue weighted by Crippen LogP contribution is -2.51. The van der Waals surface area contributed by atoms with Gasteiger partial charge in [-0.15, -0.1) is 0 Å². The molecule has 138 valence electrons. The van der Waals surface area contributed by atoms with Crippen molar-refractivity contribution in [3.8, 4) is 5.75 Å². The zero-order chi connectivity index (χ0) is 18.5. The predicted molar refractivity (Wildman–Crippen MR) is 106 cm³/mol. The maximum atomic E-state index is 12.8. The molecule has 2 aromatic carbocycles. The van der Waals surface area contributed by atoms with Gasteiger partial charge in [-0.05, 0) is 30.0 Å². The van der Waals surface area contributed by atoms with Crippen molar-refractivity contribution < 1.29 is 9.53 Å². The normalized spacial score (nSPS) is 22.1. The lowest BCUT2D eigenvalue weighted by molar-refractivity contribution is -0.130. The van der Waals surface area contributed by atoms with E-state index in [9.17, 15) is 4.79 Å². The van der Waals surface area contributed by atoms with Crippen LogP contribution in [0.2, 0.25) is 0 Å². The van der Waals surface area contributed by atoms with Gasteiger partial charge in [0.25, 0.3) is 0 Å². The highest BCUT2D eigenvalue weighted by Crippen LogP contribution is 2.46. The van der Waals surface area contributed by atoms with Crippen LogP contribution in [0.5, 0.6) is 5.75 Å². The van der Waals surface area contributed by atoms with Gasteiger partial charge in [0.1, 0.15) is 11.5 Å². The highest BCUT2D eigenvalue weighted by molar-refractivity contribution is 5.93. The minimum Gasteiger partial charge on any atom is -0.495 e. The molecule has 4 heteroatoms. The van der Waals surface area contributed by atoms with Crippen molar-refractivity contribution in [1.82, 2.24) is 9.47 Å². The molecule has 3 heterocycles. The Morgan fingerprint density at radius 1 is 1.07 bits per heavy atom. The predicted octanol–water partition coefficient (Wildman–Crippen LogP) is 4.02. The van der Waals surface area contributed by atoms with E-state index < -0.39 is 0 Å². The highest BCUT2D eigenvalue weighted by Gasteiger charge is 2.44. The average Bonchev–Trinajstić information content (AvgIpc) is 2.98. The Morgan fingerprint density at radius 3 is 2.67 bits per heavy atom. The van der Waals surface area contributed by atoms with E-state index in [0.29, 0.717) is 12.2 Å². The summed E-state index contributed by atoms with van der Waals surface area (Å²) in [6.45, 7) is 0.819. The van der Waals surface area contributed by atoms with Gasteiger partial charge in [0.15, 0.2) is 0 Å². The molecule has 4 nitrogen and oxygen atoms in total. The minimum absolute atomic E-state index is 0.0201. The number of carbonyl (C=O) groups excluding carboxylic acids is 1. The Balaban J connectivity index is 1.67. The number of benzene rings is 2. The van der Waals surface area contributed by atoms with Crippen LogP contribution in [0.3, 0.4) is 0 Å². The molecule has 0 spiro atoms. The second-order valence-electron chi connectivity index (χ2n) is 7.68. The topological polar surface area (TPSA) is 34.5 Å². The lowest BCUT2D eigenvalue weighted by Gasteiger charge is -2.45. The van der Waals surface area contributed by atoms with Crippen molar-refractivity contribution in [3.05, 3.63) is 65.4 Å². The summed E-state index contributed by atoms with van der Waals surface area (Å²) in [4.78, 5) is 15.2. The van der Waals surface area contributed by atoms with Crippen molar-refractivity contribution in [2.75, 3.05) is 7.11 Å². The van der Waals surface area contributed by atoms with Crippen LogP contribution in [0.15, 0.2) is 48.5 Å². The third kappa shape index (κ3) is 2.43. The number of Topliss-reactive ketones (excluding diaryl/α,β-unsaturated/α-hetero) is 1. The monoisotopic (exact) mass is 360 g/mol. The smallest absolute Gasteiger partial charge is 0.150 e. The second kappa shape index (κ2) is 6.24. The molecule has 2 aliphatic heterocycles. The van der Waals surface area contributed by atoms with E-state index in [0.717, 1.165) is 30.7 Å². The second-order valence-corrected chi connectivity index (χ2v) is 7.68. The maximum absolute atomic E-state index is 12.8. The van der Waals surface area contributed by atoms with Crippen LogP contribution in [0.1, 0.15) is 35.7 Å². The van der Waals surface area contributed by atoms with E-state index >= 15 is 0 Å². The number of hydrogen-bond donors (Lipinski definition) is 0. The van der Waals surface area contributed by atoms with Gasteiger partial charge in [0.2, 0.25) is 0 Å². The summed E-state index contributed by atoms with van der Waals surface area (Å²) in [7, 11) is 3.87. The first-order valence-corrected chi connectivity index (χ1v) is 9.65. The van der Waals surface area contributed by atoms with Gasteiger partial charge in [-0.1, -0.05) is 42.5 Å². The Morgan fingerprint density at radius 2 is 1.89 bits per heavy atom. The molecule has 1 aromatic heterocycles. The molecule has 0 aliphatic carbocycles. The van der Waals surface area contributed by atoms with Crippen LogP contribution >= 0.6 is 0 Å². The number of piperidine rings is 1. The van der Waals surface area contributed by atoms with Crippen LogP contribution in [0.4, 0.5) is 0 Å². The number of ketones is 1. The summed E-state index contributed by atoms with van der Waals surface area (Å²) in [5.74, 6) is 1.28. The number of aromatic nitrogens is 1. The van der Waals surface area contributed by atoms with E-state index in [4.69, 9.17) is 4.74 Å². The third-order valence-corrected chi connectivity index (χ3v) is 6.31. The number of para-hydroxylation sites is 1. The van der Waals surface area contributed by atoms with Gasteiger partial charge >= 0.3 is 0 Å². The fourth-order valence-electron chi connectivity index (χ4n) is 5.12. The number of nitrogens with zero attached hydrogens (tertiary/aromatic N) is 2. The zero-order valence-electron chi connectivity index (χ0n) is 15.8. The Hall–Kier alpha value is -2.59. The lowest BCUT2D eigenvalue weighted by atomic mass is 9.81. The first kappa shape index (κ1) is 16.6. The van der Waals surface area contributed by atoms with Gasteiger partial charge in [-0.2, -0.15) is 0 Å². The highest BCUT2D eigenvalue weighted by atomic mass is 16.5. The van der Waals surface area contributed by atoms with Crippen LogP contribution in [-0.4, -0.2) is 28.4 Å². The standard InChI is InChI=1S/C23H24N2O2/c1-24-22-17(16-9-6-10-21(27-2)23(16)24)13-19-20(26)12-11-18(22)25(19)14-15-7-4-3-5-8-15/h3-10,18-19H,11-14H2,1-2H3/t18-,19-/m0/s1. The molecule has 27 heavy (non-hydrogen) atoms. The van der Waals surface area contributed by atoms with Crippen LogP contribution in [-0.2, 0) is 24.8 Å². The summed E-state index contributed by atoms with van der Waals surface area (Å²) in [6.07, 6.45) is 2.36. The maximum Gasteiger partial charge on any atom is 0.150 e. The first-order chi connectivity index (χ1) is 13.2. The Labute approximate surface area is 159 Å². The van der Waals surface area contributed by atoms with Gasteiger partial charge in [0.05, 0.1) is 24.7 Å². The molecule has 5 rings (SSSR count). The molecule has 1 saturated heterocycles. The Bertz CT molecular complexity index is 1020. The number of methoxy groups -OCH3 is 1. The molecule has 0 amide bonds. The number of rotatable bonds is 3. The van der Waals surface area contributed by atoms with Crippen molar-refractivity contribution in [1.29, 1.82) is 0 Å². The molecule has 2 aliphatic rings. The van der Waals surface area contributed by atoms with Crippen molar-refractivity contribution in [2.24, 2.45) is 7.05 Å². The van der Waals surface area contributed by atoms with Gasteiger partial charge in [-0.3, -0.25) is 9.69 Å². The van der Waals surface area contributed by atoms with E-state index in [1.54, 1.807) is 7.11 Å². The van der Waals surface area contributed by atoms with E-state index in [1.807, 2.05) is 12.1 Å². The quantitative estimate of drug-likeness (QED) is 0.708. The molecule has 3 aromatic rings. The minimum atomic E-state index is -0.0201. The van der Waals surface area contributed by atoms with Crippen LogP contribution in [0.25, 0.3) is 10.9 Å². The van der Waals surface area contributed by atoms with Gasteiger partial charge in [0, 0.05) is 31.1 Å². The summed E-state index contributed by atoms with van der Waals surface area (Å²) in [5, 5.41) is 1.23. The SMILES string of the molecule is COc1cccc2c3c(n(C)c12)[C@@H]1CCC(=O)[C@H](C3)N1Cc1ccccc1. The van der Waals surface area contributed by atoms with Crippen LogP contribution in [0, 0.1) is 0 Å². The number of carbonyl (C=O) groups is 1. The molecule has 0 unspecified atom stereocenters. The summed E-state index contributed by atoms with van der Waals surface area (Å²) in [5.41, 5.74) is 5.10. The number of ether oxygens (including phenoxy) is 1. The summed E-state index contributed by atoms with van der Waals surface area (Å²) < 4.78 is 7.94. The zero-order valence-corrected chi connectivity index (χ0v) is 15.8. The summed E-state index contributed by atoms with van der Waals surface area (Å²) in [6, 6.07) is 17.0. The van der Waals surface area contributed by atoms with E-state index in [1.165, 1.54) is 22.2 Å². The van der Waals surface area contributed by atoms with E-state index in [-0.39, 0.29) is 12.1 Å². The molecular weight excluding hydrogens is 336 g/mol. The fourth-order valence-corrected chi connectivity index (χ4v) is 5.12. The fraction of sp³-hybridized carbons (Fsp3) is 0.348. The van der Waals surface area contributed by atoms with Gasteiger partial charge < -0.3 is 9.30 Å². The molecule has 0 saturated carbocycles. The van der Waals surface area contributed by atoms with E-state index in [2.05, 4.69) is 52.9 Å². The molecule has 2 atom stereocenters. The third-order valence-electron chi connectivity index (χ3n) is 6.31. The largest absolute Gasteiger partial charge is 0.495 e. The van der Waals surface area contributed by atoms with Crippen molar-refractivity contribution in [3.63, 3.8) is 0 Å². The number of fused-ring (bicyclic) bond motifs is 6. The molecule has 0 N–H and O–H groups in total. The summed E-state index contributed by atoms with van der Waals surface area (Å²) >= 11 is 0. The molecule has 1 fully saturated rings. The van der Waals surface area contributed by atoms with Crippen LogP contribution < -0.4 is 4.74 Å². The van der Waals surface area contributed by atoms with Crippen molar-refractivity contribution in [2.45, 2.75) is 37.9 Å². The first-order valence-electron chi connectivity index (χ1n) is 9.65.